The summed E-state index contributed by atoms with van der Waals surface area (Å²) in [6, 6.07) is 63.3. The summed E-state index contributed by atoms with van der Waals surface area (Å²) in [6.07, 6.45) is 0. The van der Waals surface area contributed by atoms with Crippen molar-refractivity contribution in [3.8, 4) is 11.1 Å². The predicted octanol–water partition coefficient (Wildman–Crippen LogP) is 13.3. The highest BCUT2D eigenvalue weighted by atomic mass is 16.3. The molecular formula is C46H29NO. The Morgan fingerprint density at radius 3 is 1.69 bits per heavy atom. The lowest BCUT2D eigenvalue weighted by atomic mass is 9.96. The van der Waals surface area contributed by atoms with Crippen molar-refractivity contribution < 1.29 is 4.42 Å². The Hall–Kier alpha value is -6.38. The fraction of sp³-hybridized carbons (Fsp3) is 0. The molecule has 1 heterocycles. The maximum atomic E-state index is 6.64. The topological polar surface area (TPSA) is 16.4 Å². The van der Waals surface area contributed by atoms with Gasteiger partial charge in [-0.1, -0.05) is 127 Å². The second-order valence-electron chi connectivity index (χ2n) is 12.6. The van der Waals surface area contributed by atoms with E-state index in [1.165, 1.54) is 48.8 Å². The molecule has 0 radical (unpaired) electrons. The van der Waals surface area contributed by atoms with Gasteiger partial charge in [-0.25, -0.2) is 0 Å². The summed E-state index contributed by atoms with van der Waals surface area (Å²) in [5, 5.41) is 12.1. The second kappa shape index (κ2) is 10.6. The van der Waals surface area contributed by atoms with Crippen LogP contribution in [-0.2, 0) is 0 Å². The van der Waals surface area contributed by atoms with Crippen LogP contribution in [0.2, 0.25) is 0 Å². The molecule has 0 fully saturated rings. The molecule has 0 aliphatic heterocycles. The normalized spacial score (nSPS) is 11.8. The van der Waals surface area contributed by atoms with Crippen molar-refractivity contribution >= 4 is 82.1 Å². The minimum absolute atomic E-state index is 0.878. The maximum Gasteiger partial charge on any atom is 0.143 e. The van der Waals surface area contributed by atoms with Crippen molar-refractivity contribution in [3.05, 3.63) is 176 Å². The highest BCUT2D eigenvalue weighted by molar-refractivity contribution is 6.20. The molecule has 0 bridgehead atoms. The number of furan rings is 1. The van der Waals surface area contributed by atoms with Gasteiger partial charge in [-0.2, -0.15) is 0 Å². The fourth-order valence-electron chi connectivity index (χ4n) is 7.48. The summed E-state index contributed by atoms with van der Waals surface area (Å²) in [5.74, 6) is 0. The molecule has 2 heteroatoms. The van der Waals surface area contributed by atoms with Crippen LogP contribution >= 0.6 is 0 Å². The maximum absolute atomic E-state index is 6.64. The molecule has 0 amide bonds. The SMILES string of the molecule is c1ccc(-c2ccc(N(c3ccc4c(ccc5ccc6ccccc6c54)c3)c3ccc4c(c3)oc3c5ccccc5ccc43)cc2)cc1. The first-order valence-corrected chi connectivity index (χ1v) is 16.4. The van der Waals surface area contributed by atoms with Crippen molar-refractivity contribution in [2.24, 2.45) is 0 Å². The van der Waals surface area contributed by atoms with E-state index in [0.29, 0.717) is 0 Å². The van der Waals surface area contributed by atoms with Gasteiger partial charge in [0.05, 0.1) is 0 Å². The van der Waals surface area contributed by atoms with Crippen LogP contribution < -0.4 is 4.90 Å². The van der Waals surface area contributed by atoms with Crippen molar-refractivity contribution in [3.63, 3.8) is 0 Å². The zero-order valence-corrected chi connectivity index (χ0v) is 26.1. The molecule has 9 aromatic carbocycles. The first kappa shape index (κ1) is 26.8. The van der Waals surface area contributed by atoms with E-state index in [2.05, 4.69) is 181 Å². The molecule has 0 N–H and O–H groups in total. The molecule has 0 spiro atoms. The first-order chi connectivity index (χ1) is 23.8. The van der Waals surface area contributed by atoms with Gasteiger partial charge in [-0.05, 0) is 91.3 Å². The molecule has 48 heavy (non-hydrogen) atoms. The highest BCUT2D eigenvalue weighted by Crippen LogP contribution is 2.42. The van der Waals surface area contributed by atoms with Gasteiger partial charge in [-0.15, -0.1) is 0 Å². The zero-order valence-electron chi connectivity index (χ0n) is 26.1. The Labute approximate surface area is 277 Å². The van der Waals surface area contributed by atoms with E-state index in [-0.39, 0.29) is 0 Å². The molecule has 0 saturated heterocycles. The molecule has 10 rings (SSSR count). The van der Waals surface area contributed by atoms with Gasteiger partial charge in [-0.3, -0.25) is 0 Å². The van der Waals surface area contributed by atoms with E-state index >= 15 is 0 Å². The quantitative estimate of drug-likeness (QED) is 0.184. The fourth-order valence-corrected chi connectivity index (χ4v) is 7.48. The van der Waals surface area contributed by atoms with Gasteiger partial charge < -0.3 is 9.32 Å². The van der Waals surface area contributed by atoms with Crippen LogP contribution in [0.15, 0.2) is 180 Å². The Kier molecular flexibility index (Phi) is 5.91. The van der Waals surface area contributed by atoms with Crippen LogP contribution in [0.5, 0.6) is 0 Å². The van der Waals surface area contributed by atoms with E-state index in [0.717, 1.165) is 44.4 Å². The Balaban J connectivity index is 1.17. The van der Waals surface area contributed by atoms with E-state index in [4.69, 9.17) is 4.42 Å². The number of benzene rings is 9. The number of fused-ring (bicyclic) bond motifs is 10. The smallest absolute Gasteiger partial charge is 0.143 e. The molecule has 0 aliphatic carbocycles. The molecule has 0 unspecified atom stereocenters. The predicted molar refractivity (Wildman–Crippen MR) is 204 cm³/mol. The van der Waals surface area contributed by atoms with Crippen LogP contribution in [0.4, 0.5) is 17.1 Å². The van der Waals surface area contributed by atoms with E-state index < -0.39 is 0 Å². The number of hydrogen-bond acceptors (Lipinski definition) is 2. The second-order valence-corrected chi connectivity index (χ2v) is 12.6. The average Bonchev–Trinajstić information content (AvgIpc) is 3.54. The summed E-state index contributed by atoms with van der Waals surface area (Å²) in [4.78, 5) is 2.34. The molecule has 224 valence electrons. The summed E-state index contributed by atoms with van der Waals surface area (Å²) >= 11 is 0. The zero-order chi connectivity index (χ0) is 31.6. The van der Waals surface area contributed by atoms with Crippen LogP contribution in [0, 0.1) is 0 Å². The van der Waals surface area contributed by atoms with Gasteiger partial charge >= 0.3 is 0 Å². The van der Waals surface area contributed by atoms with Crippen LogP contribution in [0.25, 0.3) is 76.2 Å². The van der Waals surface area contributed by atoms with Crippen LogP contribution in [0.1, 0.15) is 0 Å². The molecule has 0 saturated carbocycles. The lowest BCUT2D eigenvalue weighted by Gasteiger charge is -2.26. The summed E-state index contributed by atoms with van der Waals surface area (Å²) in [5.41, 5.74) is 7.43. The summed E-state index contributed by atoms with van der Waals surface area (Å²) < 4.78 is 6.64. The lowest BCUT2D eigenvalue weighted by Crippen LogP contribution is -2.09. The monoisotopic (exact) mass is 611 g/mol. The lowest BCUT2D eigenvalue weighted by molar-refractivity contribution is 0.672. The van der Waals surface area contributed by atoms with Crippen LogP contribution in [0.3, 0.4) is 0 Å². The van der Waals surface area contributed by atoms with Crippen molar-refractivity contribution in [1.82, 2.24) is 0 Å². The Morgan fingerprint density at radius 1 is 0.333 bits per heavy atom. The highest BCUT2D eigenvalue weighted by Gasteiger charge is 2.18. The Bertz CT molecular complexity index is 2830. The Morgan fingerprint density at radius 2 is 0.875 bits per heavy atom. The minimum Gasteiger partial charge on any atom is -0.455 e. The van der Waals surface area contributed by atoms with Crippen molar-refractivity contribution in [1.29, 1.82) is 0 Å². The first-order valence-electron chi connectivity index (χ1n) is 16.4. The number of rotatable bonds is 4. The summed E-state index contributed by atoms with van der Waals surface area (Å²) in [6.45, 7) is 0. The van der Waals surface area contributed by atoms with Gasteiger partial charge in [0.2, 0.25) is 0 Å². The summed E-state index contributed by atoms with van der Waals surface area (Å²) in [7, 11) is 0. The standard InChI is InChI=1S/C46H29NO/c1-2-8-30(9-3-1)31-18-21-36(22-19-31)47(38-24-27-42-43-25-20-33-11-5-7-13-41(33)46(43)48-44(42)29-38)37-23-26-40-35(28-37)17-16-34-15-14-32-10-4-6-12-39(32)45(34)40/h1-29H. The average molecular weight is 612 g/mol. The van der Waals surface area contributed by atoms with Crippen molar-refractivity contribution in [2.75, 3.05) is 4.90 Å². The van der Waals surface area contributed by atoms with Gasteiger partial charge in [0.25, 0.3) is 0 Å². The molecule has 2 nitrogen and oxygen atoms in total. The third-order valence-electron chi connectivity index (χ3n) is 9.80. The molecular weight excluding hydrogens is 583 g/mol. The third kappa shape index (κ3) is 4.20. The van der Waals surface area contributed by atoms with Gasteiger partial charge in [0.1, 0.15) is 11.2 Å². The molecule has 1 aromatic heterocycles. The number of nitrogens with zero attached hydrogens (tertiary/aromatic N) is 1. The van der Waals surface area contributed by atoms with E-state index in [1.807, 2.05) is 0 Å². The molecule has 0 aliphatic rings. The van der Waals surface area contributed by atoms with Crippen LogP contribution in [-0.4, -0.2) is 0 Å². The van der Waals surface area contributed by atoms with E-state index in [1.54, 1.807) is 0 Å². The van der Waals surface area contributed by atoms with Gasteiger partial charge in [0.15, 0.2) is 0 Å². The van der Waals surface area contributed by atoms with Gasteiger partial charge in [0, 0.05) is 39.3 Å². The minimum atomic E-state index is 0.878. The molecule has 10 aromatic rings. The van der Waals surface area contributed by atoms with E-state index in [9.17, 15) is 0 Å². The number of hydrogen-bond donors (Lipinski definition) is 0. The largest absolute Gasteiger partial charge is 0.455 e. The number of anilines is 3. The molecule has 0 atom stereocenters. The van der Waals surface area contributed by atoms with Crippen molar-refractivity contribution in [2.45, 2.75) is 0 Å². The third-order valence-corrected chi connectivity index (χ3v) is 9.80.